The molecule has 9 heteroatoms. The summed E-state index contributed by atoms with van der Waals surface area (Å²) < 4.78 is 5.15. The van der Waals surface area contributed by atoms with Crippen molar-refractivity contribution < 1.29 is 23.9 Å². The summed E-state index contributed by atoms with van der Waals surface area (Å²) in [6.45, 7) is 1.52. The topological polar surface area (TPSA) is 84.0 Å². The molecule has 2 aromatic rings. The maximum absolute atomic E-state index is 13.8. The van der Waals surface area contributed by atoms with Gasteiger partial charge in [-0.1, -0.05) is 23.2 Å². The van der Waals surface area contributed by atoms with Gasteiger partial charge in [-0.15, -0.1) is 0 Å². The summed E-state index contributed by atoms with van der Waals surface area (Å²) in [5.41, 5.74) is 0.444. The van der Waals surface area contributed by atoms with Crippen molar-refractivity contribution in [1.29, 1.82) is 0 Å². The van der Waals surface area contributed by atoms with Gasteiger partial charge in [0.15, 0.2) is 5.78 Å². The highest BCUT2D eigenvalue weighted by Gasteiger charge is 2.63. The number of ether oxygens (including phenoxy) is 1. The average Bonchev–Trinajstić information content (AvgIpc) is 3.55. The normalized spacial score (nSPS) is 25.5. The Balaban J connectivity index is 1.54. The molecule has 2 aromatic carbocycles. The number of halogens is 2. The Morgan fingerprint density at radius 1 is 0.943 bits per heavy atom. The van der Waals surface area contributed by atoms with E-state index in [0.29, 0.717) is 11.3 Å². The lowest BCUT2D eigenvalue weighted by Crippen LogP contribution is -2.56. The van der Waals surface area contributed by atoms with Gasteiger partial charge in [-0.05, 0) is 80.5 Å². The molecule has 35 heavy (non-hydrogen) atoms. The lowest BCUT2D eigenvalue weighted by molar-refractivity contribution is -0.157. The van der Waals surface area contributed by atoms with Crippen LogP contribution < -0.4 is 4.74 Å². The van der Waals surface area contributed by atoms with Crippen molar-refractivity contribution in [3.8, 4) is 5.75 Å². The van der Waals surface area contributed by atoms with Crippen LogP contribution in [0.3, 0.4) is 0 Å². The number of rotatable bonds is 6. The van der Waals surface area contributed by atoms with Crippen LogP contribution >= 0.6 is 23.2 Å². The second-order valence-corrected chi connectivity index (χ2v) is 10.2. The number of amides is 3. The first-order chi connectivity index (χ1) is 16.7. The molecule has 0 N–H and O–H groups in total. The first-order valence-corrected chi connectivity index (χ1v) is 12.3. The van der Waals surface area contributed by atoms with Gasteiger partial charge >= 0.3 is 0 Å². The number of hydrazine groups is 1. The van der Waals surface area contributed by atoms with Gasteiger partial charge < -0.3 is 4.74 Å². The van der Waals surface area contributed by atoms with Crippen molar-refractivity contribution in [3.05, 3.63) is 63.6 Å². The van der Waals surface area contributed by atoms with Crippen molar-refractivity contribution in [1.82, 2.24) is 10.0 Å². The molecule has 2 aliphatic carbocycles. The second kappa shape index (κ2) is 8.95. The van der Waals surface area contributed by atoms with Gasteiger partial charge in [0.25, 0.3) is 17.7 Å². The van der Waals surface area contributed by atoms with Crippen molar-refractivity contribution in [2.45, 2.75) is 32.2 Å². The molecule has 2 saturated carbocycles. The molecule has 182 valence electrons. The third-order valence-electron chi connectivity index (χ3n) is 7.62. The van der Waals surface area contributed by atoms with Crippen molar-refractivity contribution in [3.63, 3.8) is 0 Å². The first-order valence-electron chi connectivity index (χ1n) is 11.6. The van der Waals surface area contributed by atoms with Crippen LogP contribution in [0, 0.1) is 23.7 Å². The number of hydrogen-bond donors (Lipinski definition) is 0. The number of fused-ring (bicyclic) bond motifs is 5. The Labute approximate surface area is 212 Å². The SMILES string of the molecule is COc1ccc(C(=O)[C@H](C)N(C(=O)c2ccc(Cl)c(Cl)c2)N2C(=O)[C@@H]3[C@H]4CC[C@@H](C4)[C@H]3C2=O)cc1. The zero-order chi connectivity index (χ0) is 25.0. The van der Waals surface area contributed by atoms with Crippen LogP contribution in [0.4, 0.5) is 0 Å². The van der Waals surface area contributed by atoms with Gasteiger partial charge in [0.2, 0.25) is 0 Å². The van der Waals surface area contributed by atoms with Crippen LogP contribution in [0.5, 0.6) is 5.75 Å². The van der Waals surface area contributed by atoms with Crippen LogP contribution in [0.25, 0.3) is 0 Å². The summed E-state index contributed by atoms with van der Waals surface area (Å²) in [7, 11) is 1.52. The number of imide groups is 1. The molecule has 1 aliphatic heterocycles. The number of nitrogens with zero attached hydrogens (tertiary/aromatic N) is 2. The van der Waals surface area contributed by atoms with Crippen molar-refractivity contribution >= 4 is 46.7 Å². The number of hydrogen-bond acceptors (Lipinski definition) is 5. The Morgan fingerprint density at radius 3 is 2.06 bits per heavy atom. The number of carbonyl (C=O) groups is 4. The minimum absolute atomic E-state index is 0.120. The summed E-state index contributed by atoms with van der Waals surface area (Å²) in [6, 6.07) is 9.62. The molecule has 0 unspecified atom stereocenters. The zero-order valence-corrected chi connectivity index (χ0v) is 20.8. The van der Waals surface area contributed by atoms with Crippen molar-refractivity contribution in [2.24, 2.45) is 23.7 Å². The predicted octanol–water partition coefficient (Wildman–Crippen LogP) is 4.66. The lowest BCUT2D eigenvalue weighted by atomic mass is 9.81. The van der Waals surface area contributed by atoms with Gasteiger partial charge in [0, 0.05) is 11.1 Å². The van der Waals surface area contributed by atoms with Gasteiger partial charge in [0.05, 0.1) is 29.0 Å². The standard InChI is InChI=1S/C26H24Cl2N2O5/c1-13(23(31)14-5-8-18(35-2)9-6-14)29(24(32)17-7-10-19(27)20(28)12-17)30-25(33)21-15-3-4-16(11-15)22(21)26(30)34/h5-10,12-13,15-16,21-22H,3-4,11H2,1-2H3/t13-,15-,16-,21+,22+/m0/s1. The summed E-state index contributed by atoms with van der Waals surface area (Å²) in [4.78, 5) is 54.4. The molecule has 2 bridgehead atoms. The number of Topliss-reactive ketones (excluding diaryl/α,β-unsaturated/α-hetero) is 1. The largest absolute Gasteiger partial charge is 0.497 e. The predicted molar refractivity (Wildman–Crippen MR) is 129 cm³/mol. The third kappa shape index (κ3) is 3.81. The second-order valence-electron chi connectivity index (χ2n) is 9.42. The summed E-state index contributed by atoms with van der Waals surface area (Å²) in [5.74, 6) is -1.92. The van der Waals surface area contributed by atoms with E-state index in [9.17, 15) is 19.2 Å². The summed E-state index contributed by atoms with van der Waals surface area (Å²) in [6.07, 6.45) is 2.67. The van der Waals surface area contributed by atoms with Gasteiger partial charge in [0.1, 0.15) is 11.8 Å². The molecule has 0 spiro atoms. The van der Waals surface area contributed by atoms with Crippen LogP contribution in [-0.4, -0.2) is 46.7 Å². The van der Waals surface area contributed by atoms with E-state index in [2.05, 4.69) is 0 Å². The maximum atomic E-state index is 13.8. The van der Waals surface area contributed by atoms with Crippen LogP contribution in [0.15, 0.2) is 42.5 Å². The van der Waals surface area contributed by atoms with E-state index < -0.39 is 41.4 Å². The summed E-state index contributed by atoms with van der Waals surface area (Å²) in [5, 5.41) is 2.35. The maximum Gasteiger partial charge on any atom is 0.273 e. The summed E-state index contributed by atoms with van der Waals surface area (Å²) >= 11 is 12.2. The molecule has 1 heterocycles. The van der Waals surface area contributed by atoms with Gasteiger partial charge in [-0.3, -0.25) is 19.2 Å². The lowest BCUT2D eigenvalue weighted by Gasteiger charge is -2.35. The highest BCUT2D eigenvalue weighted by molar-refractivity contribution is 6.42. The molecule has 1 saturated heterocycles. The third-order valence-corrected chi connectivity index (χ3v) is 8.35. The highest BCUT2D eigenvalue weighted by Crippen LogP contribution is 2.56. The van der Waals surface area contributed by atoms with Crippen LogP contribution in [0.2, 0.25) is 10.0 Å². The van der Waals surface area contributed by atoms with E-state index in [4.69, 9.17) is 27.9 Å². The van der Waals surface area contributed by atoms with Gasteiger partial charge in [-0.2, -0.15) is 5.01 Å². The molecule has 3 aliphatic rings. The Bertz CT molecular complexity index is 1200. The van der Waals surface area contributed by atoms with E-state index in [1.165, 1.54) is 32.2 Å². The van der Waals surface area contributed by atoms with E-state index in [1.54, 1.807) is 24.3 Å². The van der Waals surface area contributed by atoms with Crippen LogP contribution in [-0.2, 0) is 9.59 Å². The van der Waals surface area contributed by atoms with E-state index in [0.717, 1.165) is 29.3 Å². The van der Waals surface area contributed by atoms with E-state index >= 15 is 0 Å². The Kier molecular flexibility index (Phi) is 6.09. The number of benzene rings is 2. The quantitative estimate of drug-likeness (QED) is 0.413. The molecule has 0 radical (unpaired) electrons. The molecule has 0 aromatic heterocycles. The highest BCUT2D eigenvalue weighted by atomic mass is 35.5. The molecule has 3 amide bonds. The van der Waals surface area contributed by atoms with Crippen molar-refractivity contribution in [2.75, 3.05) is 7.11 Å². The zero-order valence-electron chi connectivity index (χ0n) is 19.2. The molecular weight excluding hydrogens is 491 g/mol. The van der Waals surface area contributed by atoms with E-state index in [1.807, 2.05) is 0 Å². The fourth-order valence-corrected chi connectivity index (χ4v) is 6.21. The average molecular weight is 515 g/mol. The Hall–Kier alpha value is -2.90. The fourth-order valence-electron chi connectivity index (χ4n) is 5.91. The molecular formula is C26H24Cl2N2O5. The first kappa shape index (κ1) is 23.8. The Morgan fingerprint density at radius 2 is 1.51 bits per heavy atom. The molecule has 7 nitrogen and oxygen atoms in total. The smallest absolute Gasteiger partial charge is 0.273 e. The van der Waals surface area contributed by atoms with Crippen LogP contribution in [0.1, 0.15) is 46.9 Å². The number of carbonyl (C=O) groups excluding carboxylic acids is 4. The number of ketones is 1. The van der Waals surface area contributed by atoms with E-state index in [-0.39, 0.29) is 27.4 Å². The molecule has 5 rings (SSSR count). The minimum atomic E-state index is -1.13. The fraction of sp³-hybridized carbons (Fsp3) is 0.385. The monoisotopic (exact) mass is 514 g/mol. The molecule has 3 fully saturated rings. The molecule has 5 atom stereocenters. The van der Waals surface area contributed by atoms with Gasteiger partial charge in [-0.25, -0.2) is 5.01 Å². The minimum Gasteiger partial charge on any atom is -0.497 e. The number of methoxy groups -OCH3 is 1.